The molecular weight excluding hydrogens is 212 g/mol. The molecule has 0 heterocycles. The van der Waals surface area contributed by atoms with Gasteiger partial charge in [-0.2, -0.15) is 0 Å². The van der Waals surface area contributed by atoms with Gasteiger partial charge < -0.3 is 0 Å². The SMILES string of the molecule is CC(C)C(Br)C(C)C1CCCC1. The first kappa shape index (κ1) is 10.6. The molecule has 0 aromatic rings. The lowest BCUT2D eigenvalue weighted by molar-refractivity contribution is 0.324. The first-order valence-corrected chi connectivity index (χ1v) is 6.18. The molecule has 0 bridgehead atoms. The summed E-state index contributed by atoms with van der Waals surface area (Å²) in [5.74, 6) is 2.64. The van der Waals surface area contributed by atoms with Gasteiger partial charge in [0.2, 0.25) is 0 Å². The van der Waals surface area contributed by atoms with Crippen molar-refractivity contribution in [2.45, 2.75) is 51.3 Å². The summed E-state index contributed by atoms with van der Waals surface area (Å²) in [6.07, 6.45) is 5.87. The van der Waals surface area contributed by atoms with E-state index in [1.54, 1.807) is 0 Å². The molecule has 0 aliphatic heterocycles. The summed E-state index contributed by atoms with van der Waals surface area (Å²) in [7, 11) is 0. The highest BCUT2D eigenvalue weighted by Crippen LogP contribution is 2.37. The van der Waals surface area contributed by atoms with E-state index in [-0.39, 0.29) is 0 Å². The molecule has 1 saturated carbocycles. The van der Waals surface area contributed by atoms with Crippen LogP contribution in [-0.2, 0) is 0 Å². The van der Waals surface area contributed by atoms with Crippen molar-refractivity contribution in [1.29, 1.82) is 0 Å². The van der Waals surface area contributed by atoms with E-state index < -0.39 is 0 Å². The van der Waals surface area contributed by atoms with Crippen molar-refractivity contribution in [2.75, 3.05) is 0 Å². The zero-order chi connectivity index (χ0) is 9.14. The largest absolute Gasteiger partial charge is 0.0885 e. The van der Waals surface area contributed by atoms with E-state index in [9.17, 15) is 0 Å². The zero-order valence-corrected chi connectivity index (χ0v) is 10.1. The molecule has 0 N–H and O–H groups in total. The van der Waals surface area contributed by atoms with Gasteiger partial charge in [-0.3, -0.25) is 0 Å². The van der Waals surface area contributed by atoms with Gasteiger partial charge in [0.05, 0.1) is 0 Å². The first-order valence-electron chi connectivity index (χ1n) is 5.27. The van der Waals surface area contributed by atoms with Gasteiger partial charge >= 0.3 is 0 Å². The second-order valence-corrected chi connectivity index (χ2v) is 5.65. The van der Waals surface area contributed by atoms with E-state index in [4.69, 9.17) is 0 Å². The Morgan fingerprint density at radius 3 is 2.00 bits per heavy atom. The van der Waals surface area contributed by atoms with Crippen LogP contribution in [0.3, 0.4) is 0 Å². The van der Waals surface area contributed by atoms with Crippen LogP contribution in [0.1, 0.15) is 46.5 Å². The van der Waals surface area contributed by atoms with Gasteiger partial charge in [-0.25, -0.2) is 0 Å². The predicted molar refractivity (Wildman–Crippen MR) is 58.7 cm³/mol. The molecule has 1 aliphatic carbocycles. The van der Waals surface area contributed by atoms with Crippen LogP contribution in [0.2, 0.25) is 0 Å². The molecule has 1 fully saturated rings. The fraction of sp³-hybridized carbons (Fsp3) is 1.00. The lowest BCUT2D eigenvalue weighted by Crippen LogP contribution is -2.23. The lowest BCUT2D eigenvalue weighted by atomic mass is 9.86. The molecule has 72 valence electrons. The number of halogens is 1. The van der Waals surface area contributed by atoms with E-state index >= 15 is 0 Å². The highest BCUT2D eigenvalue weighted by Gasteiger charge is 2.27. The molecule has 12 heavy (non-hydrogen) atoms. The van der Waals surface area contributed by atoms with Gasteiger partial charge in [0.15, 0.2) is 0 Å². The van der Waals surface area contributed by atoms with Gasteiger partial charge in [-0.05, 0) is 17.8 Å². The van der Waals surface area contributed by atoms with Crippen molar-refractivity contribution in [3.63, 3.8) is 0 Å². The quantitative estimate of drug-likeness (QED) is 0.640. The van der Waals surface area contributed by atoms with E-state index in [1.165, 1.54) is 25.7 Å². The topological polar surface area (TPSA) is 0 Å². The Bertz CT molecular complexity index is 123. The van der Waals surface area contributed by atoms with Crippen LogP contribution in [0.25, 0.3) is 0 Å². The fourth-order valence-electron chi connectivity index (χ4n) is 2.35. The molecule has 2 atom stereocenters. The molecule has 2 unspecified atom stereocenters. The summed E-state index contributed by atoms with van der Waals surface area (Å²) >= 11 is 3.82. The smallest absolute Gasteiger partial charge is 0.0197 e. The second kappa shape index (κ2) is 4.64. The van der Waals surface area contributed by atoms with Crippen LogP contribution in [0.5, 0.6) is 0 Å². The molecule has 0 saturated heterocycles. The van der Waals surface area contributed by atoms with E-state index in [1.807, 2.05) is 0 Å². The van der Waals surface area contributed by atoms with Crippen molar-refractivity contribution in [1.82, 2.24) is 0 Å². The van der Waals surface area contributed by atoms with Gasteiger partial charge in [-0.1, -0.05) is 62.4 Å². The van der Waals surface area contributed by atoms with Crippen LogP contribution in [0.15, 0.2) is 0 Å². The minimum Gasteiger partial charge on any atom is -0.0885 e. The zero-order valence-electron chi connectivity index (χ0n) is 8.52. The molecule has 1 rings (SSSR count). The summed E-state index contributed by atoms with van der Waals surface area (Å²) in [5, 5.41) is 0. The summed E-state index contributed by atoms with van der Waals surface area (Å²) < 4.78 is 0. The molecule has 0 spiro atoms. The second-order valence-electron chi connectivity index (χ2n) is 4.59. The normalized spacial score (nSPS) is 24.8. The maximum Gasteiger partial charge on any atom is 0.0197 e. The van der Waals surface area contributed by atoms with Crippen LogP contribution in [-0.4, -0.2) is 4.83 Å². The summed E-state index contributed by atoms with van der Waals surface area (Å²) in [5.41, 5.74) is 0. The Kier molecular flexibility index (Phi) is 4.09. The van der Waals surface area contributed by atoms with Crippen molar-refractivity contribution >= 4 is 15.9 Å². The summed E-state index contributed by atoms with van der Waals surface area (Å²) in [6.45, 7) is 7.03. The van der Waals surface area contributed by atoms with E-state index in [0.717, 1.165) is 22.6 Å². The molecule has 0 amide bonds. The third-order valence-electron chi connectivity index (χ3n) is 3.28. The lowest BCUT2D eigenvalue weighted by Gasteiger charge is -2.26. The molecular formula is C11H21Br. The van der Waals surface area contributed by atoms with Crippen molar-refractivity contribution in [3.05, 3.63) is 0 Å². The Morgan fingerprint density at radius 1 is 1.08 bits per heavy atom. The third-order valence-corrected chi connectivity index (χ3v) is 5.17. The van der Waals surface area contributed by atoms with Crippen molar-refractivity contribution < 1.29 is 0 Å². The Balaban J connectivity index is 2.39. The average Bonchev–Trinajstić information content (AvgIpc) is 2.53. The minimum atomic E-state index is 0.723. The minimum absolute atomic E-state index is 0.723. The highest BCUT2D eigenvalue weighted by atomic mass is 79.9. The molecule has 0 nitrogen and oxygen atoms in total. The van der Waals surface area contributed by atoms with Crippen molar-refractivity contribution in [2.24, 2.45) is 17.8 Å². The van der Waals surface area contributed by atoms with Crippen LogP contribution >= 0.6 is 15.9 Å². The highest BCUT2D eigenvalue weighted by molar-refractivity contribution is 9.09. The summed E-state index contributed by atoms with van der Waals surface area (Å²) in [4.78, 5) is 0.723. The molecule has 1 heteroatoms. The van der Waals surface area contributed by atoms with E-state index in [0.29, 0.717) is 0 Å². The van der Waals surface area contributed by atoms with Gasteiger partial charge in [-0.15, -0.1) is 0 Å². The predicted octanol–water partition coefficient (Wildman–Crippen LogP) is 4.23. The van der Waals surface area contributed by atoms with Crippen LogP contribution in [0, 0.1) is 17.8 Å². The molecule has 0 aromatic carbocycles. The number of hydrogen-bond acceptors (Lipinski definition) is 0. The van der Waals surface area contributed by atoms with Crippen LogP contribution in [0.4, 0.5) is 0 Å². The van der Waals surface area contributed by atoms with Crippen molar-refractivity contribution in [3.8, 4) is 0 Å². The standard InChI is InChI=1S/C11H21Br/c1-8(2)11(12)9(3)10-6-4-5-7-10/h8-11H,4-7H2,1-3H3. The maximum absolute atomic E-state index is 3.82. The molecule has 0 radical (unpaired) electrons. The number of rotatable bonds is 3. The average molecular weight is 233 g/mol. The van der Waals surface area contributed by atoms with E-state index in [2.05, 4.69) is 36.7 Å². The molecule has 1 aliphatic rings. The maximum atomic E-state index is 3.82. The fourth-order valence-corrected chi connectivity index (χ4v) is 2.78. The van der Waals surface area contributed by atoms with Gasteiger partial charge in [0, 0.05) is 4.83 Å². The Hall–Kier alpha value is 0.480. The van der Waals surface area contributed by atoms with Crippen LogP contribution < -0.4 is 0 Å². The Morgan fingerprint density at radius 2 is 1.58 bits per heavy atom. The molecule has 0 aromatic heterocycles. The monoisotopic (exact) mass is 232 g/mol. The number of alkyl halides is 1. The Labute approximate surface area is 85.3 Å². The van der Waals surface area contributed by atoms with Gasteiger partial charge in [0.25, 0.3) is 0 Å². The third kappa shape index (κ3) is 2.48. The number of hydrogen-bond donors (Lipinski definition) is 0. The summed E-state index contributed by atoms with van der Waals surface area (Å²) in [6, 6.07) is 0. The van der Waals surface area contributed by atoms with Gasteiger partial charge in [0.1, 0.15) is 0 Å². The first-order chi connectivity index (χ1) is 5.63.